The number of hydrogen-bond acceptors (Lipinski definition) is 5. The fraction of sp³-hybridized carbons (Fsp3) is 0.125. The number of carboxylic acid groups (broad SMARTS) is 1. The molecule has 0 radical (unpaired) electrons. The van der Waals surface area contributed by atoms with E-state index in [0.717, 1.165) is 18.2 Å². The first-order valence-corrected chi connectivity index (χ1v) is 5.05. The molecule has 0 amide bonds. The summed E-state index contributed by atoms with van der Waals surface area (Å²) in [5.74, 6) is -1.32. The van der Waals surface area contributed by atoms with Gasteiger partial charge in [-0.15, -0.1) is 0 Å². The Kier molecular flexibility index (Phi) is 3.73. The van der Waals surface area contributed by atoms with Crippen molar-refractivity contribution < 1.29 is 19.7 Å². The van der Waals surface area contributed by atoms with Gasteiger partial charge in [0.15, 0.2) is 0 Å². The van der Waals surface area contributed by atoms with Crippen molar-refractivity contribution >= 4 is 33.3 Å². The number of carbonyl (C=O) groups is 1. The number of halogens is 1. The number of nitro benzene ring substituents is 2. The summed E-state index contributed by atoms with van der Waals surface area (Å²) in [6.45, 7) is 0. The molecule has 0 aliphatic rings. The minimum absolute atomic E-state index is 0.145. The summed E-state index contributed by atoms with van der Waals surface area (Å²) in [6.07, 6.45) is 0. The summed E-state index contributed by atoms with van der Waals surface area (Å²) in [4.78, 5) is 28.9. The second-order valence-electron chi connectivity index (χ2n) is 2.96. The molecule has 0 bridgehead atoms. The molecule has 0 aliphatic carbocycles. The SMILES string of the molecule is O=C(O)C(Br)c1ccc([N+](=O)[O-])cc1[N+](=O)[O-]. The molecule has 9 heteroatoms. The Morgan fingerprint density at radius 3 is 2.29 bits per heavy atom. The molecule has 17 heavy (non-hydrogen) atoms. The van der Waals surface area contributed by atoms with Crippen LogP contribution in [0.2, 0.25) is 0 Å². The molecule has 0 heterocycles. The minimum Gasteiger partial charge on any atom is -0.480 e. The normalized spacial score (nSPS) is 11.8. The Morgan fingerprint density at radius 2 is 1.88 bits per heavy atom. The lowest BCUT2D eigenvalue weighted by Crippen LogP contribution is -2.07. The van der Waals surface area contributed by atoms with Crippen LogP contribution in [0.4, 0.5) is 11.4 Å². The number of carboxylic acids is 1. The van der Waals surface area contributed by atoms with Crippen LogP contribution in [0.5, 0.6) is 0 Å². The zero-order chi connectivity index (χ0) is 13.2. The minimum atomic E-state index is -1.32. The summed E-state index contributed by atoms with van der Waals surface area (Å²) < 4.78 is 0. The summed E-state index contributed by atoms with van der Waals surface area (Å²) in [7, 11) is 0. The van der Waals surface area contributed by atoms with Crippen LogP contribution >= 0.6 is 15.9 Å². The Balaban J connectivity index is 3.37. The van der Waals surface area contributed by atoms with E-state index in [4.69, 9.17) is 5.11 Å². The lowest BCUT2D eigenvalue weighted by atomic mass is 10.1. The van der Waals surface area contributed by atoms with Gasteiger partial charge in [0.05, 0.1) is 21.5 Å². The van der Waals surface area contributed by atoms with Crippen molar-refractivity contribution in [1.29, 1.82) is 0 Å². The smallest absolute Gasteiger partial charge is 0.322 e. The molecule has 0 aliphatic heterocycles. The highest BCUT2D eigenvalue weighted by molar-refractivity contribution is 9.09. The highest BCUT2D eigenvalue weighted by Crippen LogP contribution is 2.33. The number of hydrogen-bond donors (Lipinski definition) is 1. The second kappa shape index (κ2) is 4.87. The Morgan fingerprint density at radius 1 is 1.29 bits per heavy atom. The van der Waals surface area contributed by atoms with Gasteiger partial charge in [-0.3, -0.25) is 25.0 Å². The number of rotatable bonds is 4. The van der Waals surface area contributed by atoms with E-state index in [2.05, 4.69) is 15.9 Å². The first-order valence-electron chi connectivity index (χ1n) is 4.14. The number of non-ortho nitro benzene ring substituents is 1. The van der Waals surface area contributed by atoms with Gasteiger partial charge in [-0.2, -0.15) is 0 Å². The zero-order valence-corrected chi connectivity index (χ0v) is 9.66. The molecule has 1 aromatic carbocycles. The van der Waals surface area contributed by atoms with Gasteiger partial charge in [-0.25, -0.2) is 0 Å². The molecule has 1 aromatic rings. The van der Waals surface area contributed by atoms with E-state index in [-0.39, 0.29) is 5.56 Å². The van der Waals surface area contributed by atoms with Crippen molar-refractivity contribution in [3.05, 3.63) is 44.0 Å². The average molecular weight is 305 g/mol. The first-order chi connectivity index (χ1) is 7.84. The van der Waals surface area contributed by atoms with Gasteiger partial charge < -0.3 is 5.11 Å². The quantitative estimate of drug-likeness (QED) is 0.515. The molecular weight excluding hydrogens is 300 g/mol. The van der Waals surface area contributed by atoms with E-state index in [1.165, 1.54) is 0 Å². The van der Waals surface area contributed by atoms with Crippen molar-refractivity contribution in [2.75, 3.05) is 0 Å². The highest BCUT2D eigenvalue weighted by atomic mass is 79.9. The summed E-state index contributed by atoms with van der Waals surface area (Å²) in [5, 5.41) is 29.9. The first kappa shape index (κ1) is 13.0. The molecule has 1 N–H and O–H groups in total. The summed E-state index contributed by atoms with van der Waals surface area (Å²) >= 11 is 2.76. The number of aliphatic carboxylic acids is 1. The fourth-order valence-corrected chi connectivity index (χ4v) is 1.54. The predicted octanol–water partition coefficient (Wildman–Crippen LogP) is 2.02. The van der Waals surface area contributed by atoms with Crippen molar-refractivity contribution in [2.24, 2.45) is 0 Å². The molecule has 0 aromatic heterocycles. The largest absolute Gasteiger partial charge is 0.480 e. The number of alkyl halides is 1. The summed E-state index contributed by atoms with van der Waals surface area (Å²) in [6, 6.07) is 2.79. The van der Waals surface area contributed by atoms with Gasteiger partial charge in [0.25, 0.3) is 11.4 Å². The van der Waals surface area contributed by atoms with E-state index in [0.29, 0.717) is 0 Å². The lowest BCUT2D eigenvalue weighted by molar-refractivity contribution is -0.394. The van der Waals surface area contributed by atoms with Crippen molar-refractivity contribution in [1.82, 2.24) is 0 Å². The van der Waals surface area contributed by atoms with Crippen molar-refractivity contribution in [3.8, 4) is 0 Å². The molecule has 90 valence electrons. The summed E-state index contributed by atoms with van der Waals surface area (Å²) in [5.41, 5.74) is -1.22. The standard InChI is InChI=1S/C8H5BrN2O6/c9-7(8(12)13)5-2-1-4(10(14)15)3-6(5)11(16)17/h1-3,7H,(H,12,13). The van der Waals surface area contributed by atoms with Crippen LogP contribution in [0.25, 0.3) is 0 Å². The highest BCUT2D eigenvalue weighted by Gasteiger charge is 2.27. The Bertz CT molecular complexity index is 503. The van der Waals surface area contributed by atoms with Gasteiger partial charge in [0.2, 0.25) is 0 Å². The van der Waals surface area contributed by atoms with Crippen LogP contribution < -0.4 is 0 Å². The van der Waals surface area contributed by atoms with Crippen LogP contribution in [0.15, 0.2) is 18.2 Å². The topological polar surface area (TPSA) is 124 Å². The fourth-order valence-electron chi connectivity index (χ4n) is 1.15. The van der Waals surface area contributed by atoms with Gasteiger partial charge in [-0.05, 0) is 6.07 Å². The Hall–Kier alpha value is -2.03. The molecule has 1 rings (SSSR count). The third kappa shape index (κ3) is 2.75. The molecule has 8 nitrogen and oxygen atoms in total. The third-order valence-electron chi connectivity index (χ3n) is 1.91. The predicted molar refractivity (Wildman–Crippen MR) is 59.1 cm³/mol. The van der Waals surface area contributed by atoms with Gasteiger partial charge in [0, 0.05) is 6.07 Å². The van der Waals surface area contributed by atoms with E-state index in [9.17, 15) is 25.0 Å². The van der Waals surface area contributed by atoms with E-state index < -0.39 is 32.0 Å². The van der Waals surface area contributed by atoms with E-state index in [1.54, 1.807) is 0 Å². The van der Waals surface area contributed by atoms with Gasteiger partial charge in [0.1, 0.15) is 4.83 Å². The maximum atomic E-state index is 10.7. The molecule has 1 unspecified atom stereocenters. The van der Waals surface area contributed by atoms with Crippen LogP contribution in [0.1, 0.15) is 10.4 Å². The third-order valence-corrected chi connectivity index (χ3v) is 2.80. The second-order valence-corrected chi connectivity index (χ2v) is 3.87. The number of benzene rings is 1. The van der Waals surface area contributed by atoms with E-state index in [1.807, 2.05) is 0 Å². The molecule has 0 fully saturated rings. The monoisotopic (exact) mass is 304 g/mol. The lowest BCUT2D eigenvalue weighted by Gasteiger charge is -2.05. The molecule has 0 saturated carbocycles. The van der Waals surface area contributed by atoms with Crippen LogP contribution in [-0.4, -0.2) is 20.9 Å². The molecule has 0 spiro atoms. The van der Waals surface area contributed by atoms with Crippen molar-refractivity contribution in [3.63, 3.8) is 0 Å². The molecule has 0 saturated heterocycles. The van der Waals surface area contributed by atoms with Crippen LogP contribution in [-0.2, 0) is 4.79 Å². The maximum absolute atomic E-state index is 10.7. The maximum Gasteiger partial charge on any atom is 0.322 e. The van der Waals surface area contributed by atoms with Crippen LogP contribution in [0, 0.1) is 20.2 Å². The molecular formula is C8H5BrN2O6. The van der Waals surface area contributed by atoms with Crippen molar-refractivity contribution in [2.45, 2.75) is 4.83 Å². The van der Waals surface area contributed by atoms with Gasteiger partial charge >= 0.3 is 5.97 Å². The molecule has 1 atom stereocenters. The zero-order valence-electron chi connectivity index (χ0n) is 8.07. The van der Waals surface area contributed by atoms with Crippen LogP contribution in [0.3, 0.4) is 0 Å². The average Bonchev–Trinajstić information content (AvgIpc) is 2.26. The van der Waals surface area contributed by atoms with Gasteiger partial charge in [-0.1, -0.05) is 15.9 Å². The van der Waals surface area contributed by atoms with E-state index >= 15 is 0 Å². The Labute approximate surface area is 102 Å². The number of nitro groups is 2. The number of nitrogens with zero attached hydrogens (tertiary/aromatic N) is 2.